The van der Waals surface area contributed by atoms with E-state index in [1.807, 2.05) is 0 Å². The Hall–Kier alpha value is -2.38. The zero-order valence-corrected chi connectivity index (χ0v) is 15.0. The molecule has 134 valence electrons. The molecule has 1 atom stereocenters. The van der Waals surface area contributed by atoms with Crippen LogP contribution in [0.4, 0.5) is 15.8 Å². The number of nitrogens with zero attached hydrogens (tertiary/aromatic N) is 1. The average molecular weight is 393 g/mol. The van der Waals surface area contributed by atoms with E-state index in [1.54, 1.807) is 24.3 Å². The van der Waals surface area contributed by atoms with Crippen molar-refractivity contribution in [3.63, 3.8) is 0 Å². The van der Waals surface area contributed by atoms with Crippen LogP contribution in [0, 0.1) is 5.82 Å². The van der Waals surface area contributed by atoms with Crippen LogP contribution in [-0.4, -0.2) is 28.7 Å². The van der Waals surface area contributed by atoms with Gasteiger partial charge in [0.15, 0.2) is 0 Å². The molecule has 0 radical (unpaired) electrons. The first-order valence-corrected chi connectivity index (χ1v) is 9.16. The fourth-order valence-corrected chi connectivity index (χ4v) is 3.66. The van der Waals surface area contributed by atoms with Gasteiger partial charge in [0.25, 0.3) is 0 Å². The number of benzene rings is 2. The highest BCUT2D eigenvalue weighted by Gasteiger charge is 2.40. The van der Waals surface area contributed by atoms with Crippen LogP contribution >= 0.6 is 23.4 Å². The standard InChI is InChI=1S/C18H14ClFN2O3S/c19-11-2-1-3-13(8-11)21-16(23)10-26-15-9-17(24)22(18(15)25)14-6-4-12(20)5-7-14/h1-8,15H,9-10H2,(H,21,23)/t15-/m1/s1. The van der Waals surface area contributed by atoms with Gasteiger partial charge in [0, 0.05) is 17.1 Å². The van der Waals surface area contributed by atoms with Crippen molar-refractivity contribution in [2.75, 3.05) is 16.0 Å². The van der Waals surface area contributed by atoms with Crippen LogP contribution in [0.5, 0.6) is 0 Å². The second-order valence-electron chi connectivity index (χ2n) is 5.61. The zero-order valence-electron chi connectivity index (χ0n) is 13.4. The number of anilines is 2. The Morgan fingerprint density at radius 1 is 1.23 bits per heavy atom. The molecule has 2 aromatic carbocycles. The van der Waals surface area contributed by atoms with E-state index in [9.17, 15) is 18.8 Å². The van der Waals surface area contributed by atoms with Crippen molar-refractivity contribution in [3.8, 4) is 0 Å². The van der Waals surface area contributed by atoms with Gasteiger partial charge in [-0.2, -0.15) is 0 Å². The first-order chi connectivity index (χ1) is 12.4. The molecule has 0 spiro atoms. The normalized spacial score (nSPS) is 16.8. The lowest BCUT2D eigenvalue weighted by Crippen LogP contribution is -2.31. The number of hydrogen-bond acceptors (Lipinski definition) is 4. The number of carbonyl (C=O) groups is 3. The van der Waals surface area contributed by atoms with Gasteiger partial charge in [-0.1, -0.05) is 17.7 Å². The predicted octanol–water partition coefficient (Wildman–Crippen LogP) is 3.48. The molecule has 1 heterocycles. The molecule has 1 fully saturated rings. The largest absolute Gasteiger partial charge is 0.325 e. The van der Waals surface area contributed by atoms with Gasteiger partial charge in [0.1, 0.15) is 5.82 Å². The van der Waals surface area contributed by atoms with Crippen molar-refractivity contribution in [2.24, 2.45) is 0 Å². The Morgan fingerprint density at radius 3 is 2.65 bits per heavy atom. The van der Waals surface area contributed by atoms with Crippen LogP contribution in [-0.2, 0) is 14.4 Å². The first kappa shape index (κ1) is 18.4. The van der Waals surface area contributed by atoms with Gasteiger partial charge in [0.05, 0.1) is 16.7 Å². The smallest absolute Gasteiger partial charge is 0.247 e. The van der Waals surface area contributed by atoms with Crippen LogP contribution in [0.2, 0.25) is 5.02 Å². The van der Waals surface area contributed by atoms with Gasteiger partial charge in [-0.05, 0) is 42.5 Å². The lowest BCUT2D eigenvalue weighted by atomic mass is 10.3. The number of amides is 3. The molecule has 3 amide bonds. The van der Waals surface area contributed by atoms with E-state index in [4.69, 9.17) is 11.6 Å². The van der Waals surface area contributed by atoms with Crippen molar-refractivity contribution in [1.82, 2.24) is 0 Å². The molecule has 1 saturated heterocycles. The number of halogens is 2. The average Bonchev–Trinajstić information content (AvgIpc) is 2.88. The molecule has 3 rings (SSSR count). The van der Waals surface area contributed by atoms with Gasteiger partial charge in [-0.25, -0.2) is 9.29 Å². The van der Waals surface area contributed by atoms with E-state index in [2.05, 4.69) is 5.32 Å². The van der Waals surface area contributed by atoms with Gasteiger partial charge < -0.3 is 5.32 Å². The summed E-state index contributed by atoms with van der Waals surface area (Å²) >= 11 is 6.96. The maximum absolute atomic E-state index is 13.0. The number of nitrogens with one attached hydrogen (secondary N) is 1. The lowest BCUT2D eigenvalue weighted by Gasteiger charge is -2.14. The minimum Gasteiger partial charge on any atom is -0.325 e. The maximum atomic E-state index is 13.0. The molecule has 0 saturated carbocycles. The summed E-state index contributed by atoms with van der Waals surface area (Å²) in [6, 6.07) is 11.9. The second kappa shape index (κ2) is 7.88. The van der Waals surface area contributed by atoms with Gasteiger partial charge in [-0.15, -0.1) is 11.8 Å². The van der Waals surface area contributed by atoms with Gasteiger partial charge in [-0.3, -0.25) is 14.4 Å². The van der Waals surface area contributed by atoms with Crippen molar-refractivity contribution in [3.05, 3.63) is 59.4 Å². The first-order valence-electron chi connectivity index (χ1n) is 7.73. The Kier molecular flexibility index (Phi) is 5.58. The topological polar surface area (TPSA) is 66.5 Å². The molecule has 1 N–H and O–H groups in total. The van der Waals surface area contributed by atoms with Crippen molar-refractivity contribution >= 4 is 52.5 Å². The third-order valence-electron chi connectivity index (χ3n) is 3.71. The molecular weight excluding hydrogens is 379 g/mol. The zero-order chi connectivity index (χ0) is 18.7. The highest BCUT2D eigenvalue weighted by atomic mass is 35.5. The predicted molar refractivity (Wildman–Crippen MR) is 99.8 cm³/mol. The van der Waals surface area contributed by atoms with Crippen LogP contribution < -0.4 is 10.2 Å². The molecule has 5 nitrogen and oxygen atoms in total. The SMILES string of the molecule is O=C(CS[C@@H]1CC(=O)N(c2ccc(F)cc2)C1=O)Nc1cccc(Cl)c1. The van der Waals surface area contributed by atoms with Gasteiger partial charge >= 0.3 is 0 Å². The van der Waals surface area contributed by atoms with Crippen molar-refractivity contribution in [2.45, 2.75) is 11.7 Å². The third-order valence-corrected chi connectivity index (χ3v) is 5.15. The molecule has 0 bridgehead atoms. The minimum atomic E-state index is -0.641. The molecule has 0 aliphatic carbocycles. The Labute approximate surface area is 158 Å². The summed E-state index contributed by atoms with van der Waals surface area (Å²) in [5, 5.41) is 2.55. The quantitative estimate of drug-likeness (QED) is 0.791. The third kappa shape index (κ3) is 4.23. The van der Waals surface area contributed by atoms with E-state index in [1.165, 1.54) is 24.3 Å². The number of carbonyl (C=O) groups excluding carboxylic acids is 3. The minimum absolute atomic E-state index is 0.00528. The number of rotatable bonds is 5. The lowest BCUT2D eigenvalue weighted by molar-refractivity contribution is -0.121. The fourth-order valence-electron chi connectivity index (χ4n) is 2.54. The second-order valence-corrected chi connectivity index (χ2v) is 7.23. The Morgan fingerprint density at radius 2 is 1.96 bits per heavy atom. The molecule has 2 aromatic rings. The van der Waals surface area contributed by atoms with E-state index < -0.39 is 17.0 Å². The van der Waals surface area contributed by atoms with E-state index >= 15 is 0 Å². The molecular formula is C18H14ClFN2O3S. The number of imide groups is 1. The van der Waals surface area contributed by atoms with Crippen LogP contribution in [0.1, 0.15) is 6.42 Å². The van der Waals surface area contributed by atoms with Crippen LogP contribution in [0.3, 0.4) is 0 Å². The molecule has 1 aliphatic heterocycles. The van der Waals surface area contributed by atoms with Crippen LogP contribution in [0.15, 0.2) is 48.5 Å². The van der Waals surface area contributed by atoms with E-state index in [-0.39, 0.29) is 24.0 Å². The summed E-state index contributed by atoms with van der Waals surface area (Å²) in [4.78, 5) is 37.7. The number of hydrogen-bond donors (Lipinski definition) is 1. The van der Waals surface area contributed by atoms with Crippen LogP contribution in [0.25, 0.3) is 0 Å². The van der Waals surface area contributed by atoms with E-state index in [0.717, 1.165) is 16.7 Å². The Bertz CT molecular complexity index is 860. The summed E-state index contributed by atoms with van der Waals surface area (Å²) < 4.78 is 13.0. The summed E-state index contributed by atoms with van der Waals surface area (Å²) in [5.41, 5.74) is 0.887. The molecule has 0 aromatic heterocycles. The molecule has 8 heteroatoms. The highest BCUT2D eigenvalue weighted by molar-refractivity contribution is 8.01. The summed E-state index contributed by atoms with van der Waals surface area (Å²) in [6.07, 6.45) is 0.00528. The van der Waals surface area contributed by atoms with Crippen molar-refractivity contribution < 1.29 is 18.8 Å². The monoisotopic (exact) mass is 392 g/mol. The fraction of sp³-hybridized carbons (Fsp3) is 0.167. The molecule has 1 aliphatic rings. The number of thioether (sulfide) groups is 1. The maximum Gasteiger partial charge on any atom is 0.247 e. The van der Waals surface area contributed by atoms with E-state index in [0.29, 0.717) is 16.4 Å². The summed E-state index contributed by atoms with van der Waals surface area (Å²) in [7, 11) is 0. The highest BCUT2D eigenvalue weighted by Crippen LogP contribution is 2.29. The molecule has 0 unspecified atom stereocenters. The molecule has 26 heavy (non-hydrogen) atoms. The summed E-state index contributed by atoms with van der Waals surface area (Å²) in [5.74, 6) is -1.49. The summed E-state index contributed by atoms with van der Waals surface area (Å²) in [6.45, 7) is 0. The van der Waals surface area contributed by atoms with Gasteiger partial charge in [0.2, 0.25) is 17.7 Å². The van der Waals surface area contributed by atoms with Crippen molar-refractivity contribution in [1.29, 1.82) is 0 Å². The Balaban J connectivity index is 1.59.